The Morgan fingerprint density at radius 3 is 2.14 bits per heavy atom. The second kappa shape index (κ2) is 9.99. The van der Waals surface area contributed by atoms with E-state index in [1.807, 2.05) is 30.0 Å². The average Bonchev–Trinajstić information content (AvgIpc) is 2.48. The Hall–Kier alpha value is -0.830. The Balaban J connectivity index is 2.79. The number of halogens is 1. The summed E-state index contributed by atoms with van der Waals surface area (Å²) in [4.78, 5) is 14.8. The molecule has 118 valence electrons. The first kappa shape index (κ1) is 18.2. The summed E-state index contributed by atoms with van der Waals surface area (Å²) < 4.78 is 0.936. The topological polar surface area (TPSA) is 20.3 Å². The maximum absolute atomic E-state index is 12.8. The zero-order valence-corrected chi connectivity index (χ0v) is 15.2. The number of aryl methyl sites for hydroxylation is 1. The molecule has 0 fully saturated rings. The molecule has 0 radical (unpaired) electrons. The van der Waals surface area contributed by atoms with E-state index in [1.54, 1.807) is 0 Å². The molecule has 1 aromatic rings. The minimum absolute atomic E-state index is 0.165. The average molecular weight is 354 g/mol. The summed E-state index contributed by atoms with van der Waals surface area (Å²) in [7, 11) is 0. The summed E-state index contributed by atoms with van der Waals surface area (Å²) in [6, 6.07) is 5.91. The van der Waals surface area contributed by atoms with Gasteiger partial charge in [0.1, 0.15) is 0 Å². The zero-order valence-electron chi connectivity index (χ0n) is 13.6. The van der Waals surface area contributed by atoms with Gasteiger partial charge in [0, 0.05) is 17.6 Å². The van der Waals surface area contributed by atoms with Gasteiger partial charge in [-0.2, -0.15) is 0 Å². The van der Waals surface area contributed by atoms with Crippen molar-refractivity contribution in [1.29, 1.82) is 0 Å². The molecule has 0 atom stereocenters. The lowest BCUT2D eigenvalue weighted by molar-refractivity contribution is 0.0748. The first-order chi connectivity index (χ1) is 10.1. The van der Waals surface area contributed by atoms with Gasteiger partial charge in [0.15, 0.2) is 0 Å². The van der Waals surface area contributed by atoms with Crippen LogP contribution in [0.4, 0.5) is 0 Å². The number of rotatable bonds is 9. The molecule has 1 aromatic carbocycles. The third kappa shape index (κ3) is 5.82. The van der Waals surface area contributed by atoms with E-state index < -0.39 is 0 Å². The molecule has 1 amide bonds. The summed E-state index contributed by atoms with van der Waals surface area (Å²) in [6.45, 7) is 8.16. The van der Waals surface area contributed by atoms with Gasteiger partial charge in [-0.15, -0.1) is 0 Å². The molecule has 0 saturated heterocycles. The SMILES string of the molecule is CCCCCN(CCCCC)C(=O)c1cccc(C)c1Br. The first-order valence-corrected chi connectivity index (χ1v) is 8.95. The highest BCUT2D eigenvalue weighted by Gasteiger charge is 2.18. The molecule has 0 aromatic heterocycles. The van der Waals surface area contributed by atoms with Crippen molar-refractivity contribution in [2.45, 2.75) is 59.3 Å². The van der Waals surface area contributed by atoms with Crippen LogP contribution >= 0.6 is 15.9 Å². The molecule has 0 N–H and O–H groups in total. The summed E-state index contributed by atoms with van der Waals surface area (Å²) >= 11 is 3.57. The number of hydrogen-bond donors (Lipinski definition) is 0. The van der Waals surface area contributed by atoms with Crippen LogP contribution in [0.2, 0.25) is 0 Å². The molecule has 2 nitrogen and oxygen atoms in total. The van der Waals surface area contributed by atoms with Gasteiger partial charge in [0.05, 0.1) is 5.56 Å². The molecule has 0 bridgehead atoms. The number of benzene rings is 1. The first-order valence-electron chi connectivity index (χ1n) is 8.16. The fraction of sp³-hybridized carbons (Fsp3) is 0.611. The van der Waals surface area contributed by atoms with Crippen molar-refractivity contribution in [3.63, 3.8) is 0 Å². The van der Waals surface area contributed by atoms with Crippen LogP contribution in [0, 0.1) is 6.92 Å². The van der Waals surface area contributed by atoms with Crippen molar-refractivity contribution in [2.75, 3.05) is 13.1 Å². The van der Waals surface area contributed by atoms with Crippen LogP contribution < -0.4 is 0 Å². The minimum atomic E-state index is 0.165. The van der Waals surface area contributed by atoms with Crippen molar-refractivity contribution in [2.24, 2.45) is 0 Å². The van der Waals surface area contributed by atoms with E-state index in [9.17, 15) is 4.79 Å². The van der Waals surface area contributed by atoms with Gasteiger partial charge in [0.2, 0.25) is 0 Å². The van der Waals surface area contributed by atoms with Crippen molar-refractivity contribution < 1.29 is 4.79 Å². The molecule has 1 rings (SSSR count). The molecule has 21 heavy (non-hydrogen) atoms. The number of carbonyl (C=O) groups excluding carboxylic acids is 1. The van der Waals surface area contributed by atoms with Gasteiger partial charge in [-0.1, -0.05) is 51.7 Å². The highest BCUT2D eigenvalue weighted by atomic mass is 79.9. The highest BCUT2D eigenvalue weighted by molar-refractivity contribution is 9.10. The number of nitrogens with zero attached hydrogens (tertiary/aromatic N) is 1. The second-order valence-corrected chi connectivity index (χ2v) is 6.44. The van der Waals surface area contributed by atoms with Crippen LogP contribution in [-0.2, 0) is 0 Å². The lowest BCUT2D eigenvalue weighted by atomic mass is 10.1. The molecule has 0 spiro atoms. The van der Waals surface area contributed by atoms with Crippen LogP contribution in [0.3, 0.4) is 0 Å². The van der Waals surface area contributed by atoms with E-state index in [4.69, 9.17) is 0 Å². The minimum Gasteiger partial charge on any atom is -0.339 e. The van der Waals surface area contributed by atoms with Crippen LogP contribution in [0.1, 0.15) is 68.3 Å². The lowest BCUT2D eigenvalue weighted by Gasteiger charge is -2.23. The molecule has 0 saturated carbocycles. The van der Waals surface area contributed by atoms with Gasteiger partial charge in [-0.05, 0) is 47.3 Å². The number of amides is 1. The fourth-order valence-electron chi connectivity index (χ4n) is 2.40. The predicted molar refractivity (Wildman–Crippen MR) is 93.8 cm³/mol. The monoisotopic (exact) mass is 353 g/mol. The predicted octanol–water partition coefficient (Wildman–Crippen LogP) is 5.58. The van der Waals surface area contributed by atoms with E-state index in [-0.39, 0.29) is 5.91 Å². The number of carbonyl (C=O) groups is 1. The number of hydrogen-bond acceptors (Lipinski definition) is 1. The smallest absolute Gasteiger partial charge is 0.255 e. The van der Waals surface area contributed by atoms with E-state index in [0.29, 0.717) is 0 Å². The molecule has 3 heteroatoms. The summed E-state index contributed by atoms with van der Waals surface area (Å²) in [5.41, 5.74) is 1.91. The lowest BCUT2D eigenvalue weighted by Crippen LogP contribution is -2.33. The van der Waals surface area contributed by atoms with E-state index in [0.717, 1.165) is 41.5 Å². The third-order valence-electron chi connectivity index (χ3n) is 3.77. The summed E-state index contributed by atoms with van der Waals surface area (Å²) in [5.74, 6) is 0.165. The van der Waals surface area contributed by atoms with Crippen LogP contribution in [-0.4, -0.2) is 23.9 Å². The van der Waals surface area contributed by atoms with Crippen molar-refractivity contribution in [3.05, 3.63) is 33.8 Å². The number of unbranched alkanes of at least 4 members (excludes halogenated alkanes) is 4. The van der Waals surface area contributed by atoms with E-state index in [2.05, 4.69) is 29.8 Å². The third-order valence-corrected chi connectivity index (χ3v) is 4.83. The molecule has 0 unspecified atom stereocenters. The van der Waals surface area contributed by atoms with Crippen molar-refractivity contribution in [3.8, 4) is 0 Å². The fourth-order valence-corrected chi connectivity index (χ4v) is 2.84. The Morgan fingerprint density at radius 1 is 1.05 bits per heavy atom. The summed E-state index contributed by atoms with van der Waals surface area (Å²) in [5, 5.41) is 0. The van der Waals surface area contributed by atoms with E-state index in [1.165, 1.54) is 25.7 Å². The van der Waals surface area contributed by atoms with Crippen LogP contribution in [0.15, 0.2) is 22.7 Å². The molecule has 0 heterocycles. The Bertz CT molecular complexity index is 435. The van der Waals surface area contributed by atoms with E-state index >= 15 is 0 Å². The Labute approximate surface area is 138 Å². The van der Waals surface area contributed by atoms with Gasteiger partial charge < -0.3 is 4.90 Å². The van der Waals surface area contributed by atoms with Crippen LogP contribution in [0.25, 0.3) is 0 Å². The van der Waals surface area contributed by atoms with Crippen molar-refractivity contribution in [1.82, 2.24) is 4.90 Å². The largest absolute Gasteiger partial charge is 0.339 e. The Kier molecular flexibility index (Phi) is 8.67. The standard InChI is InChI=1S/C18H28BrNO/c1-4-6-8-13-20(14-9-7-5-2)18(21)16-12-10-11-15(3)17(16)19/h10-12H,4-9,13-14H2,1-3H3. The normalized spacial score (nSPS) is 10.7. The van der Waals surface area contributed by atoms with Gasteiger partial charge >= 0.3 is 0 Å². The van der Waals surface area contributed by atoms with Gasteiger partial charge in [-0.3, -0.25) is 4.79 Å². The zero-order chi connectivity index (χ0) is 15.7. The maximum Gasteiger partial charge on any atom is 0.255 e. The molecule has 0 aliphatic rings. The molecule has 0 aliphatic heterocycles. The summed E-state index contributed by atoms with van der Waals surface area (Å²) in [6.07, 6.45) is 6.94. The van der Waals surface area contributed by atoms with Crippen molar-refractivity contribution >= 4 is 21.8 Å². The van der Waals surface area contributed by atoms with Gasteiger partial charge in [-0.25, -0.2) is 0 Å². The molecular weight excluding hydrogens is 326 g/mol. The molecule has 0 aliphatic carbocycles. The second-order valence-electron chi connectivity index (χ2n) is 5.64. The van der Waals surface area contributed by atoms with Gasteiger partial charge in [0.25, 0.3) is 5.91 Å². The highest BCUT2D eigenvalue weighted by Crippen LogP contribution is 2.23. The quantitative estimate of drug-likeness (QED) is 0.530. The Morgan fingerprint density at radius 2 is 1.62 bits per heavy atom. The maximum atomic E-state index is 12.8. The van der Waals surface area contributed by atoms with Crippen LogP contribution in [0.5, 0.6) is 0 Å². The molecular formula is C18H28BrNO.